The Morgan fingerprint density at radius 3 is 0.924 bits per heavy atom. The molecule has 1 heterocycles. The van der Waals surface area contributed by atoms with E-state index in [1.54, 1.807) is 4.90 Å². The molecule has 0 aromatic heterocycles. The van der Waals surface area contributed by atoms with Crippen molar-refractivity contribution < 1.29 is 94.5 Å². The molecule has 0 radical (unpaired) electrons. The lowest BCUT2D eigenvalue weighted by Gasteiger charge is -2.32. The predicted octanol–water partition coefficient (Wildman–Crippen LogP) is 18.0. The van der Waals surface area contributed by atoms with Crippen LogP contribution in [0, 0.1) is 112 Å². The first-order valence-electron chi connectivity index (χ1n) is 48.9. The van der Waals surface area contributed by atoms with Crippen molar-refractivity contribution in [3.8, 4) is 0 Å². The van der Waals surface area contributed by atoms with Gasteiger partial charge in [-0.2, -0.15) is 0 Å². The van der Waals surface area contributed by atoms with Gasteiger partial charge >= 0.3 is 15.6 Å². The average molecular weight is 1920 g/mol. The van der Waals surface area contributed by atoms with E-state index >= 15 is 0 Å². The van der Waals surface area contributed by atoms with E-state index in [-0.39, 0.29) is 140 Å². The van der Waals surface area contributed by atoms with Crippen molar-refractivity contribution in [3.05, 3.63) is 0 Å². The standard InChI is InChI=1S/C14H28NO5P.C11H22N2O2.C11H23NO2.C10H20N2O2.C10H21NO.C9H20N2O.C9H19NO.C8H17NO.C8H19O4P.C8H16O/c1-11(2)9-14(16)15-7-5-13(6-8-15)20-21(17,18)19-10-12(3)4;1-8(2)5-10(14)12-7-13-11(15)6-9(3)4;1-9(2)5-7-14-8-6-12-11(13)10(3)4;1-7(2)5-9(13)11-6-12-10(14)8(3)4;1-8(2)5-6-10(12)11-7-9(3)4;1-7(2)5-9(12)11-6-10-8(3)4;1-7(2)5-9(11)10-6-8(3)4;1-6(2)5-9-8(10)7(3)4;1-7(2)5-11-13(9,10)12-6-8(3)4;1-6(2)5-8(9)7(3)4/h11-13H,5-10H2,1-4H3,(H,17,18);8-9H,5-7H2,1-4H3,(H,12,14)(H,13,15);9-10H,5-8H2,1-4H3,(H,12,13);7-8H,5-6H2,1-4H3,(H,11,13)(H,12,14);8-9H,5-7H2,1-4H3,(H,11,12);7-8,10H,5-6H2,1-4H3,(H,11,12);7-8H,5-6H2,1-4H3,(H,10,11);6-7H,5H2,1-4H3,(H,9,10);7-8H,5-6H2,1-4H3,(H,9,10);6-7H,5H2,1-4H3. The maximum Gasteiger partial charge on any atom is 0.472 e. The van der Waals surface area contributed by atoms with Crippen LogP contribution in [-0.4, -0.2) is 184 Å². The number of likely N-dealkylation sites (tertiary alicyclic amines) is 1. The van der Waals surface area contributed by atoms with E-state index in [0.717, 1.165) is 45.5 Å². The molecule has 10 amide bonds. The van der Waals surface area contributed by atoms with Crippen LogP contribution in [0.5, 0.6) is 0 Å². The number of nitrogens with one attached hydrogen (secondary N) is 10. The smallest absolute Gasteiger partial charge is 0.380 e. The van der Waals surface area contributed by atoms with Gasteiger partial charge in [0.2, 0.25) is 59.1 Å². The van der Waals surface area contributed by atoms with Crippen LogP contribution in [0.25, 0.3) is 0 Å². The van der Waals surface area contributed by atoms with E-state index in [1.807, 2.05) is 166 Å². The molecule has 1 unspecified atom stereocenters. The molecule has 782 valence electrons. The van der Waals surface area contributed by atoms with Crippen molar-refractivity contribution in [2.24, 2.45) is 112 Å². The number of ketones is 1. The number of phosphoric acid groups is 2. The lowest BCUT2D eigenvalue weighted by molar-refractivity contribution is -0.134. The van der Waals surface area contributed by atoms with Gasteiger partial charge in [0.15, 0.2) is 0 Å². The van der Waals surface area contributed by atoms with Gasteiger partial charge in [0.25, 0.3) is 0 Å². The molecule has 1 rings (SSSR count). The highest BCUT2D eigenvalue weighted by Gasteiger charge is 2.31. The van der Waals surface area contributed by atoms with Crippen molar-refractivity contribution in [3.63, 3.8) is 0 Å². The number of rotatable bonds is 51. The molecule has 0 aromatic rings. The number of carbonyl (C=O) groups is 11. The summed E-state index contributed by atoms with van der Waals surface area (Å²) in [5, 5.41) is 27.9. The van der Waals surface area contributed by atoms with Gasteiger partial charge in [-0.15, -0.1) is 0 Å². The molecule has 31 nitrogen and oxygen atoms in total. The molecule has 0 bridgehead atoms. The summed E-state index contributed by atoms with van der Waals surface area (Å²) in [5.41, 5.74) is 0. The number of hydrogen-bond donors (Lipinski definition) is 12. The maximum atomic E-state index is 11.9. The Balaban J connectivity index is -0.000000182. The highest BCUT2D eigenvalue weighted by molar-refractivity contribution is 7.47. The fourth-order valence-electron chi connectivity index (χ4n) is 9.08. The monoisotopic (exact) mass is 1920 g/mol. The Hall–Kier alpha value is -5.49. The number of hydrogen-bond acceptors (Lipinski definition) is 19. The predicted molar refractivity (Wildman–Crippen MR) is 538 cm³/mol. The Bertz CT molecular complexity index is 2920. The fraction of sp³-hybridized carbons (Fsp3) is 0.888. The van der Waals surface area contributed by atoms with Crippen LogP contribution in [0.15, 0.2) is 0 Å². The highest BCUT2D eigenvalue weighted by Crippen LogP contribution is 2.46. The summed E-state index contributed by atoms with van der Waals surface area (Å²) in [5.74, 6) is 7.83. The summed E-state index contributed by atoms with van der Waals surface area (Å²) in [4.78, 5) is 143. The molecule has 1 aliphatic heterocycles. The van der Waals surface area contributed by atoms with Crippen LogP contribution >= 0.6 is 15.6 Å². The summed E-state index contributed by atoms with van der Waals surface area (Å²) in [7, 11) is -7.78. The molecule has 33 heteroatoms. The molecule has 131 heavy (non-hydrogen) atoms. The maximum absolute atomic E-state index is 11.9. The van der Waals surface area contributed by atoms with Gasteiger partial charge < -0.3 is 67.3 Å². The Labute approximate surface area is 799 Å². The molecule has 1 atom stereocenters. The van der Waals surface area contributed by atoms with Gasteiger partial charge in [-0.1, -0.05) is 263 Å². The van der Waals surface area contributed by atoms with Gasteiger partial charge in [0, 0.05) is 127 Å². The minimum absolute atomic E-state index is 0.0187. The van der Waals surface area contributed by atoms with E-state index in [4.69, 9.17) is 27.7 Å². The first-order valence-corrected chi connectivity index (χ1v) is 51.9. The van der Waals surface area contributed by atoms with Gasteiger partial charge in [0.05, 0.1) is 52.5 Å². The minimum atomic E-state index is -3.98. The molecule has 0 aromatic carbocycles. The Morgan fingerprint density at radius 2 is 0.618 bits per heavy atom. The van der Waals surface area contributed by atoms with Crippen molar-refractivity contribution in [1.29, 1.82) is 0 Å². The van der Waals surface area contributed by atoms with Crippen molar-refractivity contribution in [1.82, 2.24) is 58.1 Å². The minimum Gasteiger partial charge on any atom is -0.380 e. The quantitative estimate of drug-likeness (QED) is 0.0153. The Kier molecular flexibility index (Phi) is 96.8. The summed E-state index contributed by atoms with van der Waals surface area (Å²) >= 11 is 0. The van der Waals surface area contributed by atoms with Crippen LogP contribution in [0.4, 0.5) is 0 Å². The number of phosphoric ester groups is 2. The van der Waals surface area contributed by atoms with Gasteiger partial charge in [-0.3, -0.25) is 76.2 Å². The second-order valence-corrected chi connectivity index (χ2v) is 44.2. The van der Waals surface area contributed by atoms with Crippen molar-refractivity contribution in [2.75, 3.05) is 92.3 Å². The SMILES string of the molecule is CC(C)CC(=O)C(C)C.CC(C)CC(=O)NCNC(=O)C(C)C.CC(C)CC(=O)NCNC(=O)CC(C)C.CC(C)CC(=O)NCNC(C)C.CC(C)CCC(=O)NCC(C)C.CC(C)CCOCCNC(=O)C(C)C.CC(C)CNC(=O)C(C)C.CC(C)CNC(=O)CC(C)C.CC(C)COP(=O)(O)OC1CCN(C(=O)CC(C)C)CC1.CC(C)COP(=O)(O)OCC(C)C. The molecule has 1 saturated heterocycles. The summed E-state index contributed by atoms with van der Waals surface area (Å²) in [6.07, 6.45) is 7.59. The molecule has 1 fully saturated rings. The van der Waals surface area contributed by atoms with E-state index in [9.17, 15) is 66.8 Å². The topological polar surface area (TPSA) is 432 Å². The zero-order valence-electron chi connectivity index (χ0n) is 90.6. The fourth-order valence-corrected chi connectivity index (χ4v) is 11.3. The van der Waals surface area contributed by atoms with Crippen molar-refractivity contribution in [2.45, 2.75) is 366 Å². The van der Waals surface area contributed by atoms with E-state index in [1.165, 1.54) is 0 Å². The van der Waals surface area contributed by atoms with Crippen LogP contribution in [-0.2, 0) is 84.7 Å². The van der Waals surface area contributed by atoms with E-state index < -0.39 is 15.6 Å². The number of Topliss-reactive ketones (excluding diaryl/α,β-unsaturated/α-hetero) is 1. The zero-order chi connectivity index (χ0) is 104. The summed E-state index contributed by atoms with van der Waals surface area (Å²) < 4.78 is 47.9. The largest absolute Gasteiger partial charge is 0.472 e. The first-order chi connectivity index (χ1) is 60.0. The van der Waals surface area contributed by atoms with E-state index in [0.29, 0.717) is 174 Å². The van der Waals surface area contributed by atoms with Gasteiger partial charge in [0.1, 0.15) is 5.78 Å². The molecular weight excluding hydrogens is 1710 g/mol. The highest BCUT2D eigenvalue weighted by atomic mass is 31.2. The van der Waals surface area contributed by atoms with E-state index in [2.05, 4.69) is 164 Å². The Morgan fingerprint density at radius 1 is 0.313 bits per heavy atom. The number of piperidine rings is 1. The number of carbonyl (C=O) groups excluding carboxylic acids is 11. The van der Waals surface area contributed by atoms with Gasteiger partial charge in [-0.25, -0.2) is 9.13 Å². The van der Waals surface area contributed by atoms with Gasteiger partial charge in [-0.05, 0) is 128 Å². The summed E-state index contributed by atoms with van der Waals surface area (Å²) in [6.45, 7) is 87.3. The third-order valence-corrected chi connectivity index (χ3v) is 18.5. The van der Waals surface area contributed by atoms with Crippen LogP contribution in [0.2, 0.25) is 0 Å². The van der Waals surface area contributed by atoms with Crippen molar-refractivity contribution >= 4 is 80.5 Å². The second-order valence-electron chi connectivity index (χ2n) is 41.3. The lowest BCUT2D eigenvalue weighted by atomic mass is 9.99. The molecule has 12 N–H and O–H groups in total. The van der Waals surface area contributed by atoms with Crippen LogP contribution in [0.1, 0.15) is 354 Å². The molecule has 0 saturated carbocycles. The van der Waals surface area contributed by atoms with Crippen LogP contribution in [0.3, 0.4) is 0 Å². The molecule has 0 spiro atoms. The van der Waals surface area contributed by atoms with Crippen LogP contribution < -0.4 is 53.2 Å². The second kappa shape index (κ2) is 88.5. The number of ether oxygens (including phenoxy) is 1. The number of nitrogens with zero attached hydrogens (tertiary/aromatic N) is 1. The first kappa shape index (κ1) is 143. The molecule has 1 aliphatic rings. The molecule has 0 aliphatic carbocycles. The third-order valence-electron chi connectivity index (χ3n) is 16.5. The summed E-state index contributed by atoms with van der Waals surface area (Å²) in [6, 6.07) is 0.421. The normalized spacial score (nSPS) is 12.4. The zero-order valence-corrected chi connectivity index (χ0v) is 92.4. The molecular formula is C98H205N11O20P2. The third kappa shape index (κ3) is 125. The average Bonchev–Trinajstić information content (AvgIpc) is 0.844. The lowest BCUT2D eigenvalue weighted by Crippen LogP contribution is -2.41. The number of amides is 10.